The molecule has 0 unspecified atom stereocenters. The van der Waals surface area contributed by atoms with E-state index >= 15 is 0 Å². The molecule has 10 heteroatoms. The normalized spacial score (nSPS) is 14.1. The highest BCUT2D eigenvalue weighted by Gasteiger charge is 2.20. The van der Waals surface area contributed by atoms with Crippen molar-refractivity contribution >= 4 is 17.5 Å². The van der Waals surface area contributed by atoms with E-state index < -0.39 is 17.2 Å². The van der Waals surface area contributed by atoms with Crippen LogP contribution in [0, 0.1) is 25.5 Å². The topological polar surface area (TPSA) is 82.4 Å². The molecule has 35 heavy (non-hydrogen) atoms. The lowest BCUT2D eigenvalue weighted by atomic mass is 10.1. The van der Waals surface area contributed by atoms with E-state index in [1.807, 2.05) is 0 Å². The van der Waals surface area contributed by atoms with Crippen LogP contribution in [0.15, 0.2) is 41.2 Å². The van der Waals surface area contributed by atoms with Crippen molar-refractivity contribution in [2.45, 2.75) is 39.3 Å². The van der Waals surface area contributed by atoms with E-state index in [0.29, 0.717) is 24.5 Å². The smallest absolute Gasteiger partial charge is 0.280 e. The number of hydrogen-bond donors (Lipinski definition) is 1. The molecule has 3 aromatic rings. The molecule has 2 aromatic carbocycles. The van der Waals surface area contributed by atoms with E-state index in [9.17, 15) is 18.4 Å². The van der Waals surface area contributed by atoms with Crippen LogP contribution in [0.1, 0.15) is 40.2 Å². The predicted octanol–water partition coefficient (Wildman–Crippen LogP) is 4.27. The van der Waals surface area contributed by atoms with Crippen molar-refractivity contribution < 1.29 is 23.0 Å². The molecule has 1 N–H and O–H groups in total. The molecular formula is C25H24ClF2N3O4. The molecule has 7 nitrogen and oxygen atoms in total. The molecule has 0 atom stereocenters. The molecule has 2 heterocycles. The van der Waals surface area contributed by atoms with Crippen LogP contribution < -0.4 is 15.6 Å². The van der Waals surface area contributed by atoms with Crippen molar-refractivity contribution in [3.8, 4) is 11.6 Å². The van der Waals surface area contributed by atoms with Crippen molar-refractivity contribution in [3.63, 3.8) is 0 Å². The lowest BCUT2D eigenvalue weighted by molar-refractivity contribution is 0.0696. The van der Waals surface area contributed by atoms with Gasteiger partial charge in [0.05, 0.1) is 5.69 Å². The largest absolute Gasteiger partial charge is 0.471 e. The summed E-state index contributed by atoms with van der Waals surface area (Å²) in [4.78, 5) is 30.2. The Morgan fingerprint density at radius 2 is 1.94 bits per heavy atom. The third kappa shape index (κ3) is 5.52. The van der Waals surface area contributed by atoms with E-state index in [0.717, 1.165) is 30.5 Å². The van der Waals surface area contributed by atoms with Gasteiger partial charge in [0.25, 0.3) is 11.5 Å². The molecule has 0 radical (unpaired) electrons. The van der Waals surface area contributed by atoms with Crippen LogP contribution in [0.3, 0.4) is 0 Å². The second-order valence-corrected chi connectivity index (χ2v) is 8.68. The van der Waals surface area contributed by atoms with E-state index in [1.165, 1.54) is 10.6 Å². The Morgan fingerprint density at radius 1 is 1.20 bits per heavy atom. The zero-order valence-corrected chi connectivity index (χ0v) is 20.0. The predicted molar refractivity (Wildman–Crippen MR) is 126 cm³/mol. The van der Waals surface area contributed by atoms with Gasteiger partial charge in [0.1, 0.15) is 24.1 Å². The Hall–Kier alpha value is -3.30. The van der Waals surface area contributed by atoms with E-state index in [-0.39, 0.29) is 40.8 Å². The number of ether oxygens (including phenoxy) is 2. The number of carbonyl (C=O) groups is 1. The molecule has 4 rings (SSSR count). The summed E-state index contributed by atoms with van der Waals surface area (Å²) < 4.78 is 39.1. The zero-order valence-electron chi connectivity index (χ0n) is 19.2. The second kappa shape index (κ2) is 10.5. The van der Waals surface area contributed by atoms with Gasteiger partial charge in [-0.15, -0.1) is 0 Å². The van der Waals surface area contributed by atoms with Crippen LogP contribution >= 0.6 is 11.6 Å². The van der Waals surface area contributed by atoms with Crippen LogP contribution in [-0.4, -0.2) is 34.7 Å². The fraction of sp³-hybridized carbons (Fsp3) is 0.320. The first kappa shape index (κ1) is 24.8. The number of rotatable bonds is 6. The summed E-state index contributed by atoms with van der Waals surface area (Å²) in [5, 5.41) is 2.70. The number of aromatic nitrogens is 2. The fourth-order valence-corrected chi connectivity index (χ4v) is 4.03. The Labute approximate surface area is 205 Å². The fourth-order valence-electron chi connectivity index (χ4n) is 3.85. The molecule has 0 bridgehead atoms. The molecular weight excluding hydrogens is 480 g/mol. The van der Waals surface area contributed by atoms with Crippen LogP contribution in [0.25, 0.3) is 5.69 Å². The molecule has 1 aliphatic heterocycles. The first-order valence-corrected chi connectivity index (χ1v) is 11.5. The molecule has 1 aromatic heterocycles. The minimum Gasteiger partial charge on any atom is -0.471 e. The van der Waals surface area contributed by atoms with Crippen LogP contribution in [0.5, 0.6) is 5.88 Å². The van der Waals surface area contributed by atoms with Gasteiger partial charge in [0.15, 0.2) is 5.02 Å². The average Bonchev–Trinajstić information content (AvgIpc) is 2.83. The van der Waals surface area contributed by atoms with Gasteiger partial charge < -0.3 is 14.8 Å². The number of carbonyl (C=O) groups excluding carboxylic acids is 1. The van der Waals surface area contributed by atoms with Crippen molar-refractivity contribution in [2.75, 3.05) is 13.2 Å². The Morgan fingerprint density at radius 3 is 2.66 bits per heavy atom. The molecule has 0 saturated carbocycles. The van der Waals surface area contributed by atoms with Crippen molar-refractivity contribution in [1.29, 1.82) is 0 Å². The van der Waals surface area contributed by atoms with Gasteiger partial charge in [-0.05, 0) is 56.5 Å². The van der Waals surface area contributed by atoms with Crippen molar-refractivity contribution in [2.24, 2.45) is 0 Å². The van der Waals surface area contributed by atoms with E-state index in [2.05, 4.69) is 10.3 Å². The van der Waals surface area contributed by atoms with Gasteiger partial charge in [0, 0.05) is 36.4 Å². The summed E-state index contributed by atoms with van der Waals surface area (Å²) in [6.07, 6.45) is 1.48. The lowest BCUT2D eigenvalue weighted by Gasteiger charge is -2.23. The summed E-state index contributed by atoms with van der Waals surface area (Å²) in [7, 11) is 0. The summed E-state index contributed by atoms with van der Waals surface area (Å²) in [5.41, 5.74) is 1.08. The summed E-state index contributed by atoms with van der Waals surface area (Å²) in [5.74, 6) is -1.64. The third-order valence-electron chi connectivity index (χ3n) is 5.81. The van der Waals surface area contributed by atoms with Gasteiger partial charge >= 0.3 is 0 Å². The maximum Gasteiger partial charge on any atom is 0.280 e. The monoisotopic (exact) mass is 503 g/mol. The van der Waals surface area contributed by atoms with Crippen LogP contribution in [0.2, 0.25) is 5.02 Å². The highest BCUT2D eigenvalue weighted by Crippen LogP contribution is 2.24. The molecule has 1 fully saturated rings. The number of halogens is 3. The molecule has 1 aliphatic rings. The molecule has 1 amide bonds. The average molecular weight is 504 g/mol. The van der Waals surface area contributed by atoms with Crippen molar-refractivity contribution in [3.05, 3.63) is 85.9 Å². The molecule has 1 saturated heterocycles. The highest BCUT2D eigenvalue weighted by molar-refractivity contribution is 6.31. The van der Waals surface area contributed by atoms with Gasteiger partial charge in [-0.1, -0.05) is 17.7 Å². The summed E-state index contributed by atoms with van der Waals surface area (Å²) in [6.45, 7) is 4.31. The quantitative estimate of drug-likeness (QED) is 0.543. The van der Waals surface area contributed by atoms with E-state index in [4.69, 9.17) is 21.1 Å². The number of nitrogens with zero attached hydrogens (tertiary/aromatic N) is 2. The summed E-state index contributed by atoms with van der Waals surface area (Å²) >= 11 is 6.27. The van der Waals surface area contributed by atoms with Gasteiger partial charge in [-0.2, -0.15) is 4.98 Å². The second-order valence-electron chi connectivity index (χ2n) is 8.30. The van der Waals surface area contributed by atoms with Crippen molar-refractivity contribution in [1.82, 2.24) is 14.9 Å². The number of hydrogen-bond acceptors (Lipinski definition) is 5. The van der Waals surface area contributed by atoms with Crippen LogP contribution in [0.4, 0.5) is 8.78 Å². The highest BCUT2D eigenvalue weighted by atomic mass is 35.5. The Kier molecular flexibility index (Phi) is 7.47. The standard InChI is InChI=1S/C25H24ClF2N3O4/c1-14-3-4-16(23(32)30-19-7-9-34-10-8-19)11-21(14)31-15(2)29-24(22(26)25(31)33)35-13-17-5-6-18(27)12-20(17)28/h3-6,11-12,19H,7-10,13H2,1-2H3,(H,30,32). The maximum absolute atomic E-state index is 13.9. The minimum atomic E-state index is -0.780. The number of nitrogens with one attached hydrogen (secondary N) is 1. The number of aryl methyl sites for hydroxylation is 2. The number of benzene rings is 2. The SMILES string of the molecule is Cc1ccc(C(=O)NC2CCOCC2)cc1-n1c(C)nc(OCc2ccc(F)cc2F)c(Cl)c1=O. The number of amides is 1. The zero-order chi connectivity index (χ0) is 25.1. The molecule has 0 aliphatic carbocycles. The van der Waals surface area contributed by atoms with Gasteiger partial charge in [0.2, 0.25) is 5.88 Å². The minimum absolute atomic E-state index is 0.0314. The maximum atomic E-state index is 13.9. The van der Waals surface area contributed by atoms with Gasteiger partial charge in [-0.25, -0.2) is 8.78 Å². The first-order chi connectivity index (χ1) is 16.7. The Bertz CT molecular complexity index is 1320. The molecule has 184 valence electrons. The first-order valence-electron chi connectivity index (χ1n) is 11.1. The molecule has 0 spiro atoms. The summed E-state index contributed by atoms with van der Waals surface area (Å²) in [6, 6.07) is 8.17. The van der Waals surface area contributed by atoms with Gasteiger partial charge in [-0.3, -0.25) is 14.2 Å². The van der Waals surface area contributed by atoms with Crippen LogP contribution in [-0.2, 0) is 11.3 Å². The Balaban J connectivity index is 1.61. The third-order valence-corrected chi connectivity index (χ3v) is 6.14. The van der Waals surface area contributed by atoms with E-state index in [1.54, 1.807) is 32.0 Å². The lowest BCUT2D eigenvalue weighted by Crippen LogP contribution is -2.39.